The maximum Gasteiger partial charge on any atom is 0.257 e. The van der Waals surface area contributed by atoms with Gasteiger partial charge in [0, 0.05) is 24.2 Å². The molecule has 0 aliphatic rings. The van der Waals surface area contributed by atoms with Crippen molar-refractivity contribution in [3.8, 4) is 5.75 Å². The lowest BCUT2D eigenvalue weighted by atomic mass is 10.1. The number of nitrogens with one attached hydrogen (secondary N) is 2. The number of likely N-dealkylation sites (N-methyl/N-ethyl adjacent to an activating group) is 1. The summed E-state index contributed by atoms with van der Waals surface area (Å²) < 4.78 is 5.56. The van der Waals surface area contributed by atoms with Crippen LogP contribution >= 0.6 is 0 Å². The highest BCUT2D eigenvalue weighted by atomic mass is 16.5. The van der Waals surface area contributed by atoms with Gasteiger partial charge >= 0.3 is 0 Å². The molecule has 0 heterocycles. The van der Waals surface area contributed by atoms with E-state index < -0.39 is 0 Å². The van der Waals surface area contributed by atoms with Gasteiger partial charge in [0.1, 0.15) is 5.75 Å². The predicted octanol–water partition coefficient (Wildman–Crippen LogP) is 2.09. The summed E-state index contributed by atoms with van der Waals surface area (Å²) in [5, 5.41) is 6.12. The van der Waals surface area contributed by atoms with Crippen molar-refractivity contribution < 1.29 is 9.53 Å². The van der Waals surface area contributed by atoms with Gasteiger partial charge in [0.2, 0.25) is 0 Å². The Bertz CT molecular complexity index is 411. The second-order valence-electron chi connectivity index (χ2n) is 5.45. The van der Waals surface area contributed by atoms with Crippen LogP contribution < -0.4 is 15.4 Å². The number of hydrogen-bond acceptors (Lipinski definition) is 3. The Morgan fingerprint density at radius 1 is 1.26 bits per heavy atom. The molecule has 1 amide bonds. The van der Waals surface area contributed by atoms with E-state index in [2.05, 4.69) is 31.4 Å². The fourth-order valence-electron chi connectivity index (χ4n) is 1.54. The zero-order valence-corrected chi connectivity index (χ0v) is 12.2. The number of benzene rings is 1. The molecule has 19 heavy (non-hydrogen) atoms. The molecule has 1 rings (SSSR count). The van der Waals surface area contributed by atoms with E-state index in [1.165, 1.54) is 0 Å². The van der Waals surface area contributed by atoms with Crippen molar-refractivity contribution in [3.05, 3.63) is 29.8 Å². The largest absolute Gasteiger partial charge is 0.483 e. The van der Waals surface area contributed by atoms with Crippen molar-refractivity contribution in [1.29, 1.82) is 0 Å². The number of amides is 1. The summed E-state index contributed by atoms with van der Waals surface area (Å²) in [6.45, 7) is 9.63. The fraction of sp³-hybridized carbons (Fsp3) is 0.533. The average molecular weight is 264 g/mol. The van der Waals surface area contributed by atoms with Gasteiger partial charge in [-0.2, -0.15) is 0 Å². The third-order valence-corrected chi connectivity index (χ3v) is 2.51. The molecule has 0 spiro atoms. The summed E-state index contributed by atoms with van der Waals surface area (Å²) in [4.78, 5) is 11.4. The summed E-state index contributed by atoms with van der Waals surface area (Å²) in [6.07, 6.45) is 0. The van der Waals surface area contributed by atoms with E-state index in [4.69, 9.17) is 4.74 Å². The first kappa shape index (κ1) is 15.5. The normalized spacial score (nSPS) is 11.2. The van der Waals surface area contributed by atoms with Crippen molar-refractivity contribution >= 4 is 5.91 Å². The number of rotatable bonds is 6. The Labute approximate surface area is 115 Å². The molecule has 4 nitrogen and oxygen atoms in total. The molecule has 0 unspecified atom stereocenters. The highest BCUT2D eigenvalue weighted by molar-refractivity contribution is 5.77. The van der Waals surface area contributed by atoms with Gasteiger partial charge in [0.15, 0.2) is 6.61 Å². The molecule has 0 saturated heterocycles. The molecule has 0 aromatic heterocycles. The second-order valence-corrected chi connectivity index (χ2v) is 5.45. The predicted molar refractivity (Wildman–Crippen MR) is 77.2 cm³/mol. The zero-order chi connectivity index (χ0) is 14.3. The van der Waals surface area contributed by atoms with Gasteiger partial charge in [0.05, 0.1) is 0 Å². The summed E-state index contributed by atoms with van der Waals surface area (Å²) in [5.41, 5.74) is 1.11. The van der Waals surface area contributed by atoms with Crippen LogP contribution in [0.1, 0.15) is 33.3 Å². The molecule has 0 saturated carbocycles. The van der Waals surface area contributed by atoms with Gasteiger partial charge < -0.3 is 15.4 Å². The van der Waals surface area contributed by atoms with E-state index in [9.17, 15) is 4.79 Å². The van der Waals surface area contributed by atoms with Gasteiger partial charge in [-0.15, -0.1) is 0 Å². The van der Waals surface area contributed by atoms with Crippen LogP contribution in [0.25, 0.3) is 0 Å². The van der Waals surface area contributed by atoms with Crippen molar-refractivity contribution in [3.63, 3.8) is 0 Å². The summed E-state index contributed by atoms with van der Waals surface area (Å²) >= 11 is 0. The minimum atomic E-state index is -0.0962. The van der Waals surface area contributed by atoms with E-state index in [1.807, 2.05) is 31.2 Å². The van der Waals surface area contributed by atoms with E-state index >= 15 is 0 Å². The number of carbonyl (C=O) groups is 1. The van der Waals surface area contributed by atoms with Crippen LogP contribution in [0.3, 0.4) is 0 Å². The highest BCUT2D eigenvalue weighted by Gasteiger charge is 2.11. The molecule has 2 N–H and O–H groups in total. The quantitative estimate of drug-likeness (QED) is 0.827. The minimum absolute atomic E-state index is 0.0483. The lowest BCUT2D eigenvalue weighted by Crippen LogP contribution is -2.35. The molecular formula is C15H24N2O2. The van der Waals surface area contributed by atoms with Crippen LogP contribution in [0.2, 0.25) is 0 Å². The smallest absolute Gasteiger partial charge is 0.257 e. The molecular weight excluding hydrogens is 240 g/mol. The monoisotopic (exact) mass is 264 g/mol. The molecule has 0 fully saturated rings. The summed E-state index contributed by atoms with van der Waals surface area (Å²) in [7, 11) is 0. The summed E-state index contributed by atoms with van der Waals surface area (Å²) in [6, 6.07) is 7.77. The van der Waals surface area contributed by atoms with Crippen molar-refractivity contribution in [1.82, 2.24) is 10.6 Å². The molecule has 106 valence electrons. The maximum absolute atomic E-state index is 11.4. The molecule has 0 radical (unpaired) electrons. The van der Waals surface area contributed by atoms with Crippen LogP contribution in [-0.4, -0.2) is 24.6 Å². The van der Waals surface area contributed by atoms with Crippen molar-refractivity contribution in [2.45, 2.75) is 39.8 Å². The average Bonchev–Trinajstić information content (AvgIpc) is 2.34. The first-order valence-electron chi connectivity index (χ1n) is 6.65. The third-order valence-electron chi connectivity index (χ3n) is 2.51. The first-order valence-corrected chi connectivity index (χ1v) is 6.65. The van der Waals surface area contributed by atoms with Crippen LogP contribution in [0.4, 0.5) is 0 Å². The Kier molecular flexibility index (Phi) is 5.83. The van der Waals surface area contributed by atoms with Crippen LogP contribution in [0, 0.1) is 0 Å². The number of carbonyl (C=O) groups excluding carboxylic acids is 1. The Morgan fingerprint density at radius 2 is 1.95 bits per heavy atom. The van der Waals surface area contributed by atoms with Gasteiger partial charge in [0.25, 0.3) is 5.91 Å². The van der Waals surface area contributed by atoms with Crippen LogP contribution in [0.15, 0.2) is 24.3 Å². The van der Waals surface area contributed by atoms with E-state index in [-0.39, 0.29) is 18.1 Å². The molecule has 0 bridgehead atoms. The minimum Gasteiger partial charge on any atom is -0.483 e. The first-order chi connectivity index (χ1) is 8.92. The van der Waals surface area contributed by atoms with Crippen LogP contribution in [-0.2, 0) is 11.3 Å². The van der Waals surface area contributed by atoms with Crippen LogP contribution in [0.5, 0.6) is 5.75 Å². The van der Waals surface area contributed by atoms with E-state index in [0.29, 0.717) is 6.54 Å². The zero-order valence-electron chi connectivity index (χ0n) is 12.2. The SMILES string of the molecule is CCNC(=O)COc1ccccc1CNC(C)(C)C. The molecule has 0 aliphatic heterocycles. The molecule has 4 heteroatoms. The van der Waals surface area contributed by atoms with Crippen molar-refractivity contribution in [2.75, 3.05) is 13.2 Å². The lowest BCUT2D eigenvalue weighted by Gasteiger charge is -2.21. The Morgan fingerprint density at radius 3 is 2.58 bits per heavy atom. The topological polar surface area (TPSA) is 50.4 Å². The van der Waals surface area contributed by atoms with E-state index in [0.717, 1.165) is 17.9 Å². The maximum atomic E-state index is 11.4. The second kappa shape index (κ2) is 7.14. The molecule has 0 aliphatic carbocycles. The number of ether oxygens (including phenoxy) is 1. The Hall–Kier alpha value is -1.55. The standard InChI is InChI=1S/C15H24N2O2/c1-5-16-14(18)11-19-13-9-7-6-8-12(13)10-17-15(2,3)4/h6-9,17H,5,10-11H2,1-4H3,(H,16,18). The summed E-state index contributed by atoms with van der Waals surface area (Å²) in [5.74, 6) is 0.659. The van der Waals surface area contributed by atoms with Gasteiger partial charge in [-0.1, -0.05) is 18.2 Å². The number of para-hydroxylation sites is 1. The number of hydrogen-bond donors (Lipinski definition) is 2. The van der Waals surface area contributed by atoms with E-state index in [1.54, 1.807) is 0 Å². The molecule has 1 aromatic carbocycles. The van der Waals surface area contributed by atoms with Crippen molar-refractivity contribution in [2.24, 2.45) is 0 Å². The molecule has 0 atom stereocenters. The Balaban J connectivity index is 2.60. The van der Waals surface area contributed by atoms with Gasteiger partial charge in [-0.3, -0.25) is 4.79 Å². The lowest BCUT2D eigenvalue weighted by molar-refractivity contribution is -0.122. The fourth-order valence-corrected chi connectivity index (χ4v) is 1.54. The highest BCUT2D eigenvalue weighted by Crippen LogP contribution is 2.18. The van der Waals surface area contributed by atoms with Gasteiger partial charge in [-0.05, 0) is 33.8 Å². The third kappa shape index (κ3) is 6.25. The van der Waals surface area contributed by atoms with Gasteiger partial charge in [-0.25, -0.2) is 0 Å². The molecule has 1 aromatic rings.